The first-order valence-electron chi connectivity index (χ1n) is 6.69. The van der Waals surface area contributed by atoms with Gasteiger partial charge in [-0.05, 0) is 49.9 Å². The van der Waals surface area contributed by atoms with Crippen molar-refractivity contribution in [1.29, 1.82) is 0 Å². The third kappa shape index (κ3) is 4.05. The number of halogens is 1. The number of hydrogen-bond acceptors (Lipinski definition) is 3. The van der Waals surface area contributed by atoms with Crippen molar-refractivity contribution < 1.29 is 4.74 Å². The molecule has 0 radical (unpaired) electrons. The molecule has 0 aliphatic heterocycles. The van der Waals surface area contributed by atoms with E-state index < -0.39 is 0 Å². The molecule has 0 saturated heterocycles. The minimum Gasteiger partial charge on any atom is -0.493 e. The Kier molecular flexibility index (Phi) is 5.56. The minimum atomic E-state index is 0.253. The molecule has 20 heavy (non-hydrogen) atoms. The molecule has 2 aromatic rings. The fourth-order valence-corrected chi connectivity index (χ4v) is 2.35. The second kappa shape index (κ2) is 7.41. The average Bonchev–Trinajstić information content (AvgIpc) is 2.49. The summed E-state index contributed by atoms with van der Waals surface area (Å²) in [6.45, 7) is 2.78. The lowest BCUT2D eigenvalue weighted by molar-refractivity contribution is 0.315. The lowest BCUT2D eigenvalue weighted by atomic mass is 10.1. The Morgan fingerprint density at radius 3 is 2.70 bits per heavy atom. The van der Waals surface area contributed by atoms with Crippen LogP contribution in [-0.2, 0) is 6.42 Å². The summed E-state index contributed by atoms with van der Waals surface area (Å²) in [6.07, 6.45) is 4.50. The summed E-state index contributed by atoms with van der Waals surface area (Å²) >= 11 is 3.51. The maximum absolute atomic E-state index is 5.94. The molecule has 0 saturated carbocycles. The number of rotatable bonds is 6. The zero-order valence-corrected chi connectivity index (χ0v) is 13.4. The molecular formula is C16H19BrN2O. The monoisotopic (exact) mass is 334 g/mol. The summed E-state index contributed by atoms with van der Waals surface area (Å²) in [4.78, 5) is 4.02. The van der Waals surface area contributed by atoms with Gasteiger partial charge in [-0.2, -0.15) is 0 Å². The van der Waals surface area contributed by atoms with Crippen LogP contribution in [0.4, 0.5) is 0 Å². The van der Waals surface area contributed by atoms with Gasteiger partial charge in [0.1, 0.15) is 5.75 Å². The highest BCUT2D eigenvalue weighted by atomic mass is 79.9. The Bertz CT molecular complexity index is 545. The van der Waals surface area contributed by atoms with Gasteiger partial charge in [-0.1, -0.05) is 15.9 Å². The maximum Gasteiger partial charge on any atom is 0.124 e. The predicted molar refractivity (Wildman–Crippen MR) is 85.1 cm³/mol. The van der Waals surface area contributed by atoms with Crippen molar-refractivity contribution in [2.45, 2.75) is 19.4 Å². The van der Waals surface area contributed by atoms with E-state index in [1.165, 1.54) is 5.56 Å². The molecule has 3 nitrogen and oxygen atoms in total. The van der Waals surface area contributed by atoms with Crippen LogP contribution < -0.4 is 10.1 Å². The summed E-state index contributed by atoms with van der Waals surface area (Å²) < 4.78 is 7.00. The topological polar surface area (TPSA) is 34.1 Å². The van der Waals surface area contributed by atoms with Crippen LogP contribution >= 0.6 is 15.9 Å². The number of aromatic nitrogens is 1. The minimum absolute atomic E-state index is 0.253. The van der Waals surface area contributed by atoms with Crippen LogP contribution in [0, 0.1) is 0 Å². The molecule has 1 heterocycles. The Balaban J connectivity index is 2.02. The van der Waals surface area contributed by atoms with Crippen molar-refractivity contribution in [2.24, 2.45) is 0 Å². The molecule has 0 spiro atoms. The number of hydrogen-bond donors (Lipinski definition) is 1. The van der Waals surface area contributed by atoms with Crippen LogP contribution in [0.2, 0.25) is 0 Å². The molecule has 0 amide bonds. The highest BCUT2D eigenvalue weighted by molar-refractivity contribution is 9.10. The second-order valence-corrected chi connectivity index (χ2v) is 5.56. The maximum atomic E-state index is 5.94. The van der Waals surface area contributed by atoms with E-state index in [0.29, 0.717) is 6.61 Å². The lowest BCUT2D eigenvalue weighted by Gasteiger charge is -2.17. The molecule has 0 bridgehead atoms. The molecule has 0 aliphatic carbocycles. The number of pyridine rings is 1. The molecule has 106 valence electrons. The molecule has 0 fully saturated rings. The van der Waals surface area contributed by atoms with Gasteiger partial charge in [0, 0.05) is 34.9 Å². The van der Waals surface area contributed by atoms with E-state index in [4.69, 9.17) is 4.74 Å². The number of benzene rings is 1. The van der Waals surface area contributed by atoms with E-state index in [2.05, 4.69) is 39.2 Å². The summed E-state index contributed by atoms with van der Waals surface area (Å²) in [5.41, 5.74) is 2.40. The predicted octanol–water partition coefficient (Wildman–Crippen LogP) is 3.75. The van der Waals surface area contributed by atoms with Crippen LogP contribution in [0.15, 0.2) is 47.2 Å². The Morgan fingerprint density at radius 1 is 1.25 bits per heavy atom. The smallest absolute Gasteiger partial charge is 0.124 e. The fourth-order valence-electron chi connectivity index (χ4n) is 1.97. The van der Waals surface area contributed by atoms with Gasteiger partial charge in [-0.3, -0.25) is 4.98 Å². The van der Waals surface area contributed by atoms with Gasteiger partial charge in [-0.15, -0.1) is 0 Å². The Labute approximate surface area is 128 Å². The largest absolute Gasteiger partial charge is 0.493 e. The van der Waals surface area contributed by atoms with Crippen molar-refractivity contribution in [1.82, 2.24) is 10.3 Å². The van der Waals surface area contributed by atoms with Crippen molar-refractivity contribution in [3.8, 4) is 5.75 Å². The van der Waals surface area contributed by atoms with Crippen LogP contribution in [0.3, 0.4) is 0 Å². The van der Waals surface area contributed by atoms with Gasteiger partial charge < -0.3 is 10.1 Å². The zero-order valence-electron chi connectivity index (χ0n) is 11.8. The van der Waals surface area contributed by atoms with E-state index in [9.17, 15) is 0 Å². The van der Waals surface area contributed by atoms with Crippen molar-refractivity contribution in [3.63, 3.8) is 0 Å². The van der Waals surface area contributed by atoms with Crippen LogP contribution in [0.5, 0.6) is 5.75 Å². The van der Waals surface area contributed by atoms with Gasteiger partial charge in [0.05, 0.1) is 6.61 Å². The van der Waals surface area contributed by atoms with E-state index in [1.807, 2.05) is 43.7 Å². The summed E-state index contributed by atoms with van der Waals surface area (Å²) in [7, 11) is 1.95. The molecule has 0 aliphatic rings. The summed E-state index contributed by atoms with van der Waals surface area (Å²) in [5.74, 6) is 0.934. The van der Waals surface area contributed by atoms with Crippen molar-refractivity contribution >= 4 is 15.9 Å². The lowest BCUT2D eigenvalue weighted by Crippen LogP contribution is -2.14. The first kappa shape index (κ1) is 15.0. The standard InChI is InChI=1S/C16H19BrN2O/c1-12(18-2)15-11-14(17)3-4-16(15)20-10-7-13-5-8-19-9-6-13/h3-6,8-9,11-12,18H,7,10H2,1-2H3. The van der Waals surface area contributed by atoms with Crippen LogP contribution in [0.25, 0.3) is 0 Å². The number of ether oxygens (including phenoxy) is 1. The Hall–Kier alpha value is -1.39. The second-order valence-electron chi connectivity index (χ2n) is 4.65. The SMILES string of the molecule is CNC(C)c1cc(Br)ccc1OCCc1ccncc1. The van der Waals surface area contributed by atoms with Gasteiger partial charge in [0.25, 0.3) is 0 Å². The third-order valence-corrected chi connectivity index (χ3v) is 3.76. The number of nitrogens with zero attached hydrogens (tertiary/aromatic N) is 1. The quantitative estimate of drug-likeness (QED) is 0.873. The van der Waals surface area contributed by atoms with Crippen LogP contribution in [0.1, 0.15) is 24.1 Å². The highest BCUT2D eigenvalue weighted by Gasteiger charge is 2.10. The number of nitrogens with one attached hydrogen (secondary N) is 1. The Morgan fingerprint density at radius 2 is 2.00 bits per heavy atom. The first-order valence-corrected chi connectivity index (χ1v) is 7.48. The van der Waals surface area contributed by atoms with Gasteiger partial charge in [0.15, 0.2) is 0 Å². The zero-order chi connectivity index (χ0) is 14.4. The van der Waals surface area contributed by atoms with Crippen molar-refractivity contribution in [2.75, 3.05) is 13.7 Å². The van der Waals surface area contributed by atoms with Crippen molar-refractivity contribution in [3.05, 3.63) is 58.3 Å². The van der Waals surface area contributed by atoms with Gasteiger partial charge >= 0.3 is 0 Å². The van der Waals surface area contributed by atoms with E-state index in [0.717, 1.165) is 22.2 Å². The highest BCUT2D eigenvalue weighted by Crippen LogP contribution is 2.28. The average molecular weight is 335 g/mol. The van der Waals surface area contributed by atoms with Gasteiger partial charge in [0.2, 0.25) is 0 Å². The van der Waals surface area contributed by atoms with E-state index >= 15 is 0 Å². The molecule has 1 atom stereocenters. The first-order chi connectivity index (χ1) is 9.70. The van der Waals surface area contributed by atoms with E-state index in [-0.39, 0.29) is 6.04 Å². The fraction of sp³-hybridized carbons (Fsp3) is 0.312. The molecule has 2 rings (SSSR count). The molecule has 1 unspecified atom stereocenters. The summed E-state index contributed by atoms with van der Waals surface area (Å²) in [6, 6.07) is 10.4. The van der Waals surface area contributed by atoms with Crippen LogP contribution in [-0.4, -0.2) is 18.6 Å². The molecule has 4 heteroatoms. The molecular weight excluding hydrogens is 316 g/mol. The molecule has 1 aromatic carbocycles. The normalized spacial score (nSPS) is 12.2. The summed E-state index contributed by atoms with van der Waals surface area (Å²) in [5, 5.41) is 3.25. The van der Waals surface area contributed by atoms with Gasteiger partial charge in [-0.25, -0.2) is 0 Å². The molecule has 1 aromatic heterocycles. The molecule has 1 N–H and O–H groups in total. The van der Waals surface area contributed by atoms with E-state index in [1.54, 1.807) is 0 Å². The third-order valence-electron chi connectivity index (χ3n) is 3.27.